The lowest BCUT2D eigenvalue weighted by Gasteiger charge is -2.09. The van der Waals surface area contributed by atoms with E-state index in [1.165, 1.54) is 0 Å². The van der Waals surface area contributed by atoms with Crippen LogP contribution in [0.1, 0.15) is 10.4 Å². The molecule has 4 rings (SSSR count). The summed E-state index contributed by atoms with van der Waals surface area (Å²) in [5, 5.41) is 11.7. The fraction of sp³-hybridized carbons (Fsp3) is 0.0455. The van der Waals surface area contributed by atoms with Crippen LogP contribution in [0.15, 0.2) is 79.0 Å². The van der Waals surface area contributed by atoms with Gasteiger partial charge in [0.05, 0.1) is 24.7 Å². The average Bonchev–Trinajstić information content (AvgIpc) is 3.24. The molecule has 4 aromatic rings. The number of hydrogen-bond acceptors (Lipinski definition) is 4. The standard InChI is InChI=1S/C22H17ClN4O2/c1-29-20-4-2-3-18(13-20)25-22(28)16-7-11-19(12-8-16)27-21(14-24-26-27)15-5-9-17(23)10-6-15/h2-14H,1H3,(H,25,28). The third-order valence-corrected chi connectivity index (χ3v) is 4.64. The van der Waals surface area contributed by atoms with Crippen molar-refractivity contribution < 1.29 is 9.53 Å². The molecular weight excluding hydrogens is 388 g/mol. The molecule has 0 fully saturated rings. The Hall–Kier alpha value is -3.64. The van der Waals surface area contributed by atoms with E-state index in [-0.39, 0.29) is 5.91 Å². The first-order valence-corrected chi connectivity index (χ1v) is 9.24. The number of carbonyl (C=O) groups excluding carboxylic acids is 1. The Morgan fingerprint density at radius 3 is 2.52 bits per heavy atom. The van der Waals surface area contributed by atoms with Gasteiger partial charge in [-0.25, -0.2) is 4.68 Å². The first-order valence-electron chi connectivity index (χ1n) is 8.86. The SMILES string of the molecule is COc1cccc(NC(=O)c2ccc(-n3nncc3-c3ccc(Cl)cc3)cc2)c1. The minimum Gasteiger partial charge on any atom is -0.497 e. The van der Waals surface area contributed by atoms with Crippen molar-refractivity contribution in [1.29, 1.82) is 0 Å². The van der Waals surface area contributed by atoms with E-state index in [1.54, 1.807) is 36.2 Å². The minimum absolute atomic E-state index is 0.207. The molecule has 7 heteroatoms. The van der Waals surface area contributed by atoms with E-state index in [0.717, 1.165) is 16.9 Å². The van der Waals surface area contributed by atoms with E-state index >= 15 is 0 Å². The number of rotatable bonds is 5. The summed E-state index contributed by atoms with van der Waals surface area (Å²) < 4.78 is 6.89. The van der Waals surface area contributed by atoms with Gasteiger partial charge >= 0.3 is 0 Å². The fourth-order valence-electron chi connectivity index (χ4n) is 2.90. The lowest BCUT2D eigenvalue weighted by Crippen LogP contribution is -2.12. The van der Waals surface area contributed by atoms with Crippen LogP contribution in [0.3, 0.4) is 0 Å². The highest BCUT2D eigenvalue weighted by atomic mass is 35.5. The highest BCUT2D eigenvalue weighted by Crippen LogP contribution is 2.23. The monoisotopic (exact) mass is 404 g/mol. The van der Waals surface area contributed by atoms with Crippen molar-refractivity contribution >= 4 is 23.2 Å². The van der Waals surface area contributed by atoms with E-state index in [0.29, 0.717) is 22.0 Å². The number of hydrogen-bond donors (Lipinski definition) is 1. The van der Waals surface area contributed by atoms with Crippen molar-refractivity contribution in [1.82, 2.24) is 15.0 Å². The second-order valence-corrected chi connectivity index (χ2v) is 6.71. The van der Waals surface area contributed by atoms with Crippen molar-refractivity contribution in [2.45, 2.75) is 0 Å². The number of nitrogens with zero attached hydrogens (tertiary/aromatic N) is 3. The van der Waals surface area contributed by atoms with Gasteiger partial charge in [0.15, 0.2) is 0 Å². The van der Waals surface area contributed by atoms with Gasteiger partial charge in [0, 0.05) is 27.9 Å². The van der Waals surface area contributed by atoms with E-state index in [2.05, 4.69) is 15.6 Å². The lowest BCUT2D eigenvalue weighted by molar-refractivity contribution is 0.102. The van der Waals surface area contributed by atoms with Gasteiger partial charge in [-0.2, -0.15) is 0 Å². The number of ether oxygens (including phenoxy) is 1. The smallest absolute Gasteiger partial charge is 0.255 e. The molecule has 1 heterocycles. The topological polar surface area (TPSA) is 69.0 Å². The Kier molecular flexibility index (Phi) is 5.27. The number of nitrogens with one attached hydrogen (secondary N) is 1. The average molecular weight is 405 g/mol. The Morgan fingerprint density at radius 1 is 1.03 bits per heavy atom. The molecule has 3 aromatic carbocycles. The molecule has 0 aliphatic carbocycles. The van der Waals surface area contributed by atoms with Gasteiger partial charge in [-0.15, -0.1) is 5.10 Å². The van der Waals surface area contributed by atoms with Gasteiger partial charge in [-0.1, -0.05) is 35.0 Å². The second kappa shape index (κ2) is 8.16. The largest absolute Gasteiger partial charge is 0.497 e. The molecule has 144 valence electrons. The van der Waals surface area contributed by atoms with Crippen LogP contribution in [-0.4, -0.2) is 28.0 Å². The van der Waals surface area contributed by atoms with Gasteiger partial charge in [-0.05, 0) is 48.5 Å². The van der Waals surface area contributed by atoms with Gasteiger partial charge in [0.25, 0.3) is 5.91 Å². The van der Waals surface area contributed by atoms with E-state index in [1.807, 2.05) is 54.6 Å². The first-order chi connectivity index (χ1) is 14.1. The van der Waals surface area contributed by atoms with E-state index in [4.69, 9.17) is 16.3 Å². The molecule has 6 nitrogen and oxygen atoms in total. The number of anilines is 1. The Balaban J connectivity index is 1.55. The Morgan fingerprint density at radius 2 is 1.79 bits per heavy atom. The molecule has 1 aromatic heterocycles. The number of aromatic nitrogens is 3. The zero-order valence-corrected chi connectivity index (χ0v) is 16.3. The fourth-order valence-corrected chi connectivity index (χ4v) is 3.03. The molecule has 0 bridgehead atoms. The molecule has 0 atom stereocenters. The summed E-state index contributed by atoms with van der Waals surface area (Å²) in [5.74, 6) is 0.473. The third kappa shape index (κ3) is 4.12. The van der Waals surface area contributed by atoms with Crippen LogP contribution >= 0.6 is 11.6 Å². The number of amides is 1. The molecular formula is C22H17ClN4O2. The van der Waals surface area contributed by atoms with Gasteiger partial charge in [-0.3, -0.25) is 4.79 Å². The maximum Gasteiger partial charge on any atom is 0.255 e. The van der Waals surface area contributed by atoms with Gasteiger partial charge < -0.3 is 10.1 Å². The number of benzene rings is 3. The molecule has 0 saturated carbocycles. The van der Waals surface area contributed by atoms with Gasteiger partial charge in [0.2, 0.25) is 0 Å². The maximum absolute atomic E-state index is 12.5. The highest BCUT2D eigenvalue weighted by Gasteiger charge is 2.11. The molecule has 0 radical (unpaired) electrons. The Labute approximate surface area is 172 Å². The van der Waals surface area contributed by atoms with Crippen molar-refractivity contribution in [2.75, 3.05) is 12.4 Å². The van der Waals surface area contributed by atoms with Crippen molar-refractivity contribution in [3.05, 3.63) is 89.6 Å². The second-order valence-electron chi connectivity index (χ2n) is 6.27. The molecule has 0 aliphatic rings. The first kappa shape index (κ1) is 18.7. The minimum atomic E-state index is -0.207. The van der Waals surface area contributed by atoms with Crippen LogP contribution in [0.25, 0.3) is 16.9 Å². The predicted molar refractivity (Wildman–Crippen MR) is 113 cm³/mol. The third-order valence-electron chi connectivity index (χ3n) is 4.39. The maximum atomic E-state index is 12.5. The Bertz CT molecular complexity index is 1140. The number of carbonyl (C=O) groups is 1. The predicted octanol–water partition coefficient (Wildman–Crippen LogP) is 4.85. The lowest BCUT2D eigenvalue weighted by atomic mass is 10.1. The molecule has 0 aliphatic heterocycles. The van der Waals surface area contributed by atoms with Crippen LogP contribution in [0.5, 0.6) is 5.75 Å². The van der Waals surface area contributed by atoms with E-state index in [9.17, 15) is 4.79 Å². The van der Waals surface area contributed by atoms with Crippen molar-refractivity contribution in [3.63, 3.8) is 0 Å². The molecule has 29 heavy (non-hydrogen) atoms. The molecule has 0 spiro atoms. The molecule has 0 saturated heterocycles. The highest BCUT2D eigenvalue weighted by molar-refractivity contribution is 6.30. The summed E-state index contributed by atoms with van der Waals surface area (Å²) in [6.45, 7) is 0. The summed E-state index contributed by atoms with van der Waals surface area (Å²) in [5.41, 5.74) is 3.77. The number of methoxy groups -OCH3 is 1. The molecule has 0 unspecified atom stereocenters. The number of halogens is 1. The van der Waals surface area contributed by atoms with Crippen LogP contribution < -0.4 is 10.1 Å². The van der Waals surface area contributed by atoms with Crippen LogP contribution in [0.4, 0.5) is 5.69 Å². The summed E-state index contributed by atoms with van der Waals surface area (Å²) >= 11 is 5.97. The van der Waals surface area contributed by atoms with Crippen molar-refractivity contribution in [3.8, 4) is 22.7 Å². The molecule has 1 N–H and O–H groups in total. The zero-order chi connectivity index (χ0) is 20.2. The summed E-state index contributed by atoms with van der Waals surface area (Å²) in [6.07, 6.45) is 1.69. The van der Waals surface area contributed by atoms with Gasteiger partial charge in [0.1, 0.15) is 5.75 Å². The normalized spacial score (nSPS) is 10.6. The summed E-state index contributed by atoms with van der Waals surface area (Å²) in [7, 11) is 1.59. The van der Waals surface area contributed by atoms with E-state index < -0.39 is 0 Å². The molecule has 1 amide bonds. The van der Waals surface area contributed by atoms with Crippen LogP contribution in [0, 0.1) is 0 Å². The van der Waals surface area contributed by atoms with Crippen LogP contribution in [-0.2, 0) is 0 Å². The summed E-state index contributed by atoms with van der Waals surface area (Å²) in [6, 6.07) is 21.8. The van der Waals surface area contributed by atoms with Crippen molar-refractivity contribution in [2.24, 2.45) is 0 Å². The quantitative estimate of drug-likeness (QED) is 0.516. The zero-order valence-electron chi connectivity index (χ0n) is 15.5. The van der Waals surface area contributed by atoms with Crippen LogP contribution in [0.2, 0.25) is 5.02 Å². The summed E-state index contributed by atoms with van der Waals surface area (Å²) in [4.78, 5) is 12.5.